The monoisotopic (exact) mass is 216 g/mol. The second-order valence-corrected chi connectivity index (χ2v) is 5.46. The summed E-state index contributed by atoms with van der Waals surface area (Å²) in [6.45, 7) is 8.32. The molecule has 3 heteroatoms. The van der Waals surface area contributed by atoms with E-state index in [-0.39, 0.29) is 5.41 Å². The summed E-state index contributed by atoms with van der Waals surface area (Å²) in [6.07, 6.45) is 0. The van der Waals surface area contributed by atoms with Crippen molar-refractivity contribution < 1.29 is 4.52 Å². The molecular weight excluding hydrogens is 200 g/mol. The summed E-state index contributed by atoms with van der Waals surface area (Å²) in [5, 5.41) is 8.74. The SMILES string of the molecule is CC(C)(C)c1noc2c3c(ccc12)CNC3. The van der Waals surface area contributed by atoms with Crippen LogP contribution < -0.4 is 5.32 Å². The first-order valence-electron chi connectivity index (χ1n) is 5.69. The molecule has 0 aliphatic carbocycles. The van der Waals surface area contributed by atoms with Gasteiger partial charge in [-0.15, -0.1) is 0 Å². The number of nitrogens with zero attached hydrogens (tertiary/aromatic N) is 1. The van der Waals surface area contributed by atoms with E-state index in [4.69, 9.17) is 4.52 Å². The normalized spacial score (nSPS) is 15.7. The van der Waals surface area contributed by atoms with E-state index in [0.29, 0.717) is 0 Å². The fraction of sp³-hybridized carbons (Fsp3) is 0.462. The Labute approximate surface area is 94.8 Å². The second kappa shape index (κ2) is 3.08. The molecule has 16 heavy (non-hydrogen) atoms. The number of benzene rings is 1. The summed E-state index contributed by atoms with van der Waals surface area (Å²) in [4.78, 5) is 0. The number of rotatable bonds is 0. The van der Waals surface area contributed by atoms with E-state index in [0.717, 1.165) is 29.8 Å². The zero-order valence-corrected chi connectivity index (χ0v) is 9.92. The van der Waals surface area contributed by atoms with Crippen LogP contribution in [0.2, 0.25) is 0 Å². The standard InChI is InChI=1S/C13H16N2O/c1-13(2,3)12-9-5-4-8-6-14-7-10(8)11(9)16-15-12/h4-5,14H,6-7H2,1-3H3. The molecule has 3 nitrogen and oxygen atoms in total. The van der Waals surface area contributed by atoms with E-state index < -0.39 is 0 Å². The van der Waals surface area contributed by atoms with Gasteiger partial charge in [0, 0.05) is 29.5 Å². The van der Waals surface area contributed by atoms with Gasteiger partial charge >= 0.3 is 0 Å². The molecule has 0 saturated carbocycles. The van der Waals surface area contributed by atoms with Crippen molar-refractivity contribution in [1.82, 2.24) is 10.5 Å². The first-order valence-corrected chi connectivity index (χ1v) is 5.69. The van der Waals surface area contributed by atoms with Gasteiger partial charge in [0.1, 0.15) is 0 Å². The molecular formula is C13H16N2O. The molecule has 84 valence electrons. The zero-order chi connectivity index (χ0) is 11.3. The fourth-order valence-corrected chi connectivity index (χ4v) is 2.32. The van der Waals surface area contributed by atoms with E-state index in [1.165, 1.54) is 11.1 Å². The zero-order valence-electron chi connectivity index (χ0n) is 9.92. The minimum absolute atomic E-state index is 0.0333. The van der Waals surface area contributed by atoms with Gasteiger partial charge in [-0.3, -0.25) is 0 Å². The van der Waals surface area contributed by atoms with E-state index in [1.807, 2.05) is 0 Å². The van der Waals surface area contributed by atoms with Crippen LogP contribution in [0.15, 0.2) is 16.7 Å². The minimum atomic E-state index is 0.0333. The van der Waals surface area contributed by atoms with Crippen molar-refractivity contribution in [3.63, 3.8) is 0 Å². The van der Waals surface area contributed by atoms with E-state index in [2.05, 4.69) is 43.4 Å². The van der Waals surface area contributed by atoms with Crippen molar-refractivity contribution in [3.05, 3.63) is 29.0 Å². The highest BCUT2D eigenvalue weighted by Crippen LogP contribution is 2.33. The number of fused-ring (bicyclic) bond motifs is 3. The van der Waals surface area contributed by atoms with Crippen LogP contribution >= 0.6 is 0 Å². The van der Waals surface area contributed by atoms with E-state index in [1.54, 1.807) is 0 Å². The molecule has 0 unspecified atom stereocenters. The van der Waals surface area contributed by atoms with Gasteiger partial charge in [-0.05, 0) is 11.6 Å². The maximum absolute atomic E-state index is 5.53. The Balaban J connectivity index is 2.30. The van der Waals surface area contributed by atoms with Crippen LogP contribution in [-0.4, -0.2) is 5.16 Å². The van der Waals surface area contributed by atoms with Crippen molar-refractivity contribution in [2.45, 2.75) is 39.3 Å². The molecule has 0 radical (unpaired) electrons. The first-order chi connectivity index (χ1) is 7.57. The third-order valence-corrected chi connectivity index (χ3v) is 3.17. The Bertz CT molecular complexity index is 549. The average Bonchev–Trinajstić information content (AvgIpc) is 2.81. The molecule has 0 saturated heterocycles. The average molecular weight is 216 g/mol. The van der Waals surface area contributed by atoms with Gasteiger partial charge in [0.15, 0.2) is 5.58 Å². The Hall–Kier alpha value is -1.35. The van der Waals surface area contributed by atoms with Crippen molar-refractivity contribution >= 4 is 11.0 Å². The Kier molecular flexibility index (Phi) is 1.89. The smallest absolute Gasteiger partial charge is 0.171 e. The molecule has 0 atom stereocenters. The lowest BCUT2D eigenvalue weighted by Crippen LogP contribution is -2.11. The lowest BCUT2D eigenvalue weighted by molar-refractivity contribution is 0.418. The fourth-order valence-electron chi connectivity index (χ4n) is 2.32. The summed E-state index contributed by atoms with van der Waals surface area (Å²) in [5.74, 6) is 0. The summed E-state index contributed by atoms with van der Waals surface area (Å²) in [7, 11) is 0. The molecule has 0 bridgehead atoms. The van der Waals surface area contributed by atoms with Gasteiger partial charge < -0.3 is 9.84 Å². The van der Waals surface area contributed by atoms with Crippen LogP contribution in [0, 0.1) is 0 Å². The third kappa shape index (κ3) is 1.28. The lowest BCUT2D eigenvalue weighted by atomic mass is 9.89. The summed E-state index contributed by atoms with van der Waals surface area (Å²) < 4.78 is 5.53. The number of aromatic nitrogens is 1. The number of nitrogens with one attached hydrogen (secondary N) is 1. The predicted octanol–water partition coefficient (Wildman–Crippen LogP) is 2.73. The second-order valence-electron chi connectivity index (χ2n) is 5.46. The molecule has 1 aromatic carbocycles. The number of hydrogen-bond donors (Lipinski definition) is 1. The van der Waals surface area contributed by atoms with Gasteiger partial charge in [0.2, 0.25) is 0 Å². The maximum Gasteiger partial charge on any atom is 0.171 e. The number of hydrogen-bond acceptors (Lipinski definition) is 3. The molecule has 3 rings (SSSR count). The molecule has 0 spiro atoms. The van der Waals surface area contributed by atoms with Crippen LogP contribution in [0.25, 0.3) is 11.0 Å². The summed E-state index contributed by atoms with van der Waals surface area (Å²) >= 11 is 0. The summed E-state index contributed by atoms with van der Waals surface area (Å²) in [5.41, 5.74) is 4.67. The first kappa shape index (κ1) is 9.85. The van der Waals surface area contributed by atoms with Gasteiger partial charge in [0.05, 0.1) is 5.69 Å². The third-order valence-electron chi connectivity index (χ3n) is 3.17. The van der Waals surface area contributed by atoms with E-state index in [9.17, 15) is 0 Å². The molecule has 1 aromatic heterocycles. The van der Waals surface area contributed by atoms with Crippen LogP contribution in [-0.2, 0) is 18.5 Å². The Morgan fingerprint density at radius 3 is 2.81 bits per heavy atom. The quantitative estimate of drug-likeness (QED) is 0.735. The van der Waals surface area contributed by atoms with Crippen molar-refractivity contribution in [1.29, 1.82) is 0 Å². The lowest BCUT2D eigenvalue weighted by Gasteiger charge is -2.14. The molecule has 0 fully saturated rings. The highest BCUT2D eigenvalue weighted by molar-refractivity contribution is 5.84. The molecule has 1 N–H and O–H groups in total. The van der Waals surface area contributed by atoms with Crippen LogP contribution in [0.5, 0.6) is 0 Å². The van der Waals surface area contributed by atoms with Crippen molar-refractivity contribution in [3.8, 4) is 0 Å². The van der Waals surface area contributed by atoms with Crippen molar-refractivity contribution in [2.75, 3.05) is 0 Å². The summed E-state index contributed by atoms with van der Waals surface area (Å²) in [6, 6.07) is 4.32. The molecule has 0 amide bonds. The molecule has 1 aliphatic rings. The van der Waals surface area contributed by atoms with Crippen LogP contribution in [0.3, 0.4) is 0 Å². The van der Waals surface area contributed by atoms with Gasteiger partial charge in [0.25, 0.3) is 0 Å². The van der Waals surface area contributed by atoms with Crippen LogP contribution in [0.4, 0.5) is 0 Å². The minimum Gasteiger partial charge on any atom is -0.356 e. The van der Waals surface area contributed by atoms with E-state index >= 15 is 0 Å². The van der Waals surface area contributed by atoms with Crippen molar-refractivity contribution in [2.24, 2.45) is 0 Å². The Morgan fingerprint density at radius 2 is 2.06 bits per heavy atom. The van der Waals surface area contributed by atoms with Crippen LogP contribution in [0.1, 0.15) is 37.6 Å². The largest absolute Gasteiger partial charge is 0.356 e. The van der Waals surface area contributed by atoms with Gasteiger partial charge in [-0.1, -0.05) is 32.0 Å². The topological polar surface area (TPSA) is 38.1 Å². The van der Waals surface area contributed by atoms with Gasteiger partial charge in [-0.25, -0.2) is 0 Å². The highest BCUT2D eigenvalue weighted by Gasteiger charge is 2.25. The molecule has 1 aliphatic heterocycles. The predicted molar refractivity (Wildman–Crippen MR) is 63.3 cm³/mol. The Morgan fingerprint density at radius 1 is 1.25 bits per heavy atom. The maximum atomic E-state index is 5.53. The highest BCUT2D eigenvalue weighted by atomic mass is 16.5. The molecule has 2 heterocycles. The molecule has 2 aromatic rings. The van der Waals surface area contributed by atoms with Gasteiger partial charge in [-0.2, -0.15) is 0 Å².